The molecule has 0 aliphatic rings. The first kappa shape index (κ1) is 13.2. The van der Waals surface area contributed by atoms with Crippen molar-refractivity contribution < 1.29 is 0 Å². The summed E-state index contributed by atoms with van der Waals surface area (Å²) in [6.07, 6.45) is 2.37. The van der Waals surface area contributed by atoms with Crippen molar-refractivity contribution in [2.45, 2.75) is 39.7 Å². The van der Waals surface area contributed by atoms with Crippen molar-refractivity contribution in [3.8, 4) is 0 Å². The van der Waals surface area contributed by atoms with Gasteiger partial charge in [0, 0.05) is 20.8 Å². The molecule has 1 aromatic rings. The summed E-state index contributed by atoms with van der Waals surface area (Å²) in [7, 11) is 2.03. The lowest BCUT2D eigenvalue weighted by atomic mass is 9.82. The zero-order valence-electron chi connectivity index (χ0n) is 9.93. The summed E-state index contributed by atoms with van der Waals surface area (Å²) >= 11 is 5.35. The van der Waals surface area contributed by atoms with Crippen LogP contribution in [0.4, 0.5) is 0 Å². The van der Waals surface area contributed by atoms with Gasteiger partial charge in [0.15, 0.2) is 0 Å². The molecular weight excluding hydrogens is 270 g/mol. The van der Waals surface area contributed by atoms with Crippen LogP contribution in [-0.2, 0) is 6.42 Å². The molecule has 0 aliphatic carbocycles. The number of nitrogens with one attached hydrogen (secondary N) is 1. The van der Waals surface area contributed by atoms with Gasteiger partial charge in [0.1, 0.15) is 0 Å². The first-order valence-corrected chi connectivity index (χ1v) is 7.00. The van der Waals surface area contributed by atoms with E-state index >= 15 is 0 Å². The van der Waals surface area contributed by atoms with E-state index in [1.807, 2.05) is 18.4 Å². The fourth-order valence-corrected chi connectivity index (χ4v) is 3.63. The van der Waals surface area contributed by atoms with E-state index in [0.29, 0.717) is 11.5 Å². The van der Waals surface area contributed by atoms with Crippen molar-refractivity contribution in [3.05, 3.63) is 20.8 Å². The Bertz CT molecular complexity index is 306. The molecule has 0 bridgehead atoms. The molecule has 0 aromatic carbocycles. The molecule has 1 nitrogen and oxygen atoms in total. The summed E-state index contributed by atoms with van der Waals surface area (Å²) in [5, 5.41) is 5.47. The maximum atomic E-state index is 3.50. The molecular formula is C12H20BrNS. The van der Waals surface area contributed by atoms with Gasteiger partial charge in [-0.3, -0.25) is 0 Å². The summed E-state index contributed by atoms with van der Waals surface area (Å²) in [6, 6.07) is 2.82. The van der Waals surface area contributed by atoms with Crippen molar-refractivity contribution in [2.75, 3.05) is 7.05 Å². The van der Waals surface area contributed by atoms with Gasteiger partial charge >= 0.3 is 0 Å². The van der Waals surface area contributed by atoms with Gasteiger partial charge in [0.05, 0.1) is 0 Å². The second-order valence-electron chi connectivity index (χ2n) is 4.97. The molecule has 3 heteroatoms. The molecule has 0 saturated heterocycles. The van der Waals surface area contributed by atoms with E-state index in [1.54, 1.807) is 0 Å². The SMILES string of the molecule is CNC(C)CC(C)(C)Cc1cc(Br)cs1. The first-order valence-electron chi connectivity index (χ1n) is 5.33. The normalized spacial score (nSPS) is 14.2. The van der Waals surface area contributed by atoms with Crippen LogP contribution in [0.15, 0.2) is 15.9 Å². The Labute approximate surface area is 105 Å². The zero-order chi connectivity index (χ0) is 11.5. The Hall–Kier alpha value is 0.140. The van der Waals surface area contributed by atoms with Gasteiger partial charge < -0.3 is 5.32 Å². The second kappa shape index (κ2) is 5.46. The average molecular weight is 290 g/mol. The highest BCUT2D eigenvalue weighted by Gasteiger charge is 2.21. The highest BCUT2D eigenvalue weighted by Crippen LogP contribution is 2.31. The average Bonchev–Trinajstić information content (AvgIpc) is 2.49. The monoisotopic (exact) mass is 289 g/mol. The second-order valence-corrected chi connectivity index (χ2v) is 6.88. The van der Waals surface area contributed by atoms with Crippen LogP contribution >= 0.6 is 27.3 Å². The number of halogens is 1. The van der Waals surface area contributed by atoms with Crippen molar-refractivity contribution in [1.82, 2.24) is 5.32 Å². The highest BCUT2D eigenvalue weighted by atomic mass is 79.9. The van der Waals surface area contributed by atoms with Gasteiger partial charge in [-0.15, -0.1) is 11.3 Å². The third-order valence-electron chi connectivity index (χ3n) is 2.63. The van der Waals surface area contributed by atoms with Crippen LogP contribution in [0.25, 0.3) is 0 Å². The maximum absolute atomic E-state index is 3.50. The Morgan fingerprint density at radius 3 is 2.67 bits per heavy atom. The fraction of sp³-hybridized carbons (Fsp3) is 0.667. The molecule has 0 amide bonds. The van der Waals surface area contributed by atoms with Crippen molar-refractivity contribution in [1.29, 1.82) is 0 Å². The predicted molar refractivity (Wildman–Crippen MR) is 72.6 cm³/mol. The van der Waals surface area contributed by atoms with Gasteiger partial charge in [0.2, 0.25) is 0 Å². The molecule has 86 valence electrons. The van der Waals surface area contributed by atoms with E-state index in [0.717, 1.165) is 6.42 Å². The lowest BCUT2D eigenvalue weighted by Crippen LogP contribution is -2.29. The van der Waals surface area contributed by atoms with Crippen LogP contribution in [-0.4, -0.2) is 13.1 Å². The number of thiophene rings is 1. The summed E-state index contributed by atoms with van der Waals surface area (Å²) in [5.74, 6) is 0. The quantitative estimate of drug-likeness (QED) is 0.861. The van der Waals surface area contributed by atoms with Crippen LogP contribution < -0.4 is 5.32 Å². The van der Waals surface area contributed by atoms with Crippen LogP contribution in [0, 0.1) is 5.41 Å². The van der Waals surface area contributed by atoms with Gasteiger partial charge in [-0.2, -0.15) is 0 Å². The Balaban J connectivity index is 2.55. The topological polar surface area (TPSA) is 12.0 Å². The summed E-state index contributed by atoms with van der Waals surface area (Å²) in [5.41, 5.74) is 0.368. The van der Waals surface area contributed by atoms with Gasteiger partial charge in [-0.25, -0.2) is 0 Å². The zero-order valence-corrected chi connectivity index (χ0v) is 12.3. The van der Waals surface area contributed by atoms with E-state index < -0.39 is 0 Å². The third-order valence-corrected chi connectivity index (χ3v) is 4.32. The molecule has 1 N–H and O–H groups in total. The molecule has 0 radical (unpaired) electrons. The molecule has 1 rings (SSSR count). The summed E-state index contributed by atoms with van der Waals surface area (Å²) in [4.78, 5) is 1.47. The Morgan fingerprint density at radius 2 is 2.20 bits per heavy atom. The van der Waals surface area contributed by atoms with E-state index in [1.165, 1.54) is 15.8 Å². The highest BCUT2D eigenvalue weighted by molar-refractivity contribution is 9.10. The maximum Gasteiger partial charge on any atom is 0.0285 e. The Kier molecular flexibility index (Phi) is 4.81. The lowest BCUT2D eigenvalue weighted by Gasteiger charge is -2.27. The van der Waals surface area contributed by atoms with E-state index in [9.17, 15) is 0 Å². The van der Waals surface area contributed by atoms with E-state index in [-0.39, 0.29) is 0 Å². The predicted octanol–water partition coefficient (Wildman–Crippen LogP) is 4.08. The first-order chi connectivity index (χ1) is 6.93. The largest absolute Gasteiger partial charge is 0.317 e. The standard InChI is InChI=1S/C12H20BrNS/c1-9(14-4)6-12(2,3)7-11-5-10(13)8-15-11/h5,8-9,14H,6-7H2,1-4H3. The third kappa shape index (κ3) is 4.66. The number of hydrogen-bond acceptors (Lipinski definition) is 2. The van der Waals surface area contributed by atoms with Crippen LogP contribution in [0.2, 0.25) is 0 Å². The molecule has 1 atom stereocenters. The number of hydrogen-bond donors (Lipinski definition) is 1. The summed E-state index contributed by atoms with van der Waals surface area (Å²) < 4.78 is 1.21. The van der Waals surface area contributed by atoms with Crippen LogP contribution in [0.5, 0.6) is 0 Å². The molecule has 0 aliphatic heterocycles. The minimum absolute atomic E-state index is 0.368. The molecule has 15 heavy (non-hydrogen) atoms. The van der Waals surface area contributed by atoms with Gasteiger partial charge in [0.25, 0.3) is 0 Å². The van der Waals surface area contributed by atoms with Crippen molar-refractivity contribution in [2.24, 2.45) is 5.41 Å². The van der Waals surface area contributed by atoms with E-state index in [4.69, 9.17) is 0 Å². The van der Waals surface area contributed by atoms with Crippen LogP contribution in [0.3, 0.4) is 0 Å². The molecule has 0 spiro atoms. The molecule has 1 aromatic heterocycles. The molecule has 1 heterocycles. The van der Waals surface area contributed by atoms with Gasteiger partial charge in [-0.05, 0) is 54.2 Å². The molecule has 0 fully saturated rings. The van der Waals surface area contributed by atoms with E-state index in [2.05, 4.69) is 53.5 Å². The van der Waals surface area contributed by atoms with Crippen LogP contribution in [0.1, 0.15) is 32.1 Å². The number of rotatable bonds is 5. The minimum atomic E-state index is 0.368. The lowest BCUT2D eigenvalue weighted by molar-refractivity contribution is 0.295. The molecule has 0 saturated carbocycles. The Morgan fingerprint density at radius 1 is 1.53 bits per heavy atom. The molecule has 1 unspecified atom stereocenters. The minimum Gasteiger partial charge on any atom is -0.317 e. The summed E-state index contributed by atoms with van der Waals surface area (Å²) in [6.45, 7) is 6.93. The van der Waals surface area contributed by atoms with Crippen molar-refractivity contribution in [3.63, 3.8) is 0 Å². The van der Waals surface area contributed by atoms with Crippen molar-refractivity contribution >= 4 is 27.3 Å². The smallest absolute Gasteiger partial charge is 0.0285 e. The fourth-order valence-electron chi connectivity index (χ4n) is 1.92. The van der Waals surface area contributed by atoms with Gasteiger partial charge in [-0.1, -0.05) is 13.8 Å².